The fraction of sp³-hybridized carbons (Fsp3) is 0.176. The number of pyridine rings is 1. The number of hydrogen-bond acceptors (Lipinski definition) is 3. The molecule has 3 rings (SSSR count). The van der Waals surface area contributed by atoms with E-state index in [1.807, 2.05) is 60.1 Å². The summed E-state index contributed by atoms with van der Waals surface area (Å²) in [6, 6.07) is 11.8. The van der Waals surface area contributed by atoms with Gasteiger partial charge >= 0.3 is 0 Å². The third-order valence-corrected chi connectivity index (χ3v) is 3.68. The summed E-state index contributed by atoms with van der Waals surface area (Å²) in [6.07, 6.45) is 4.38. The van der Waals surface area contributed by atoms with Crippen LogP contribution in [-0.2, 0) is 4.79 Å². The van der Waals surface area contributed by atoms with E-state index in [9.17, 15) is 4.79 Å². The smallest absolute Gasteiger partial charge is 0.225 e. The minimum atomic E-state index is -0.0296. The average molecular weight is 311 g/mol. The van der Waals surface area contributed by atoms with E-state index in [0.717, 1.165) is 28.2 Å². The summed E-state index contributed by atoms with van der Waals surface area (Å²) in [6.45, 7) is 2.04. The fourth-order valence-corrected chi connectivity index (χ4v) is 2.58. The number of hydrogen-bond donors (Lipinski definition) is 2. The van der Waals surface area contributed by atoms with Crippen molar-refractivity contribution >= 4 is 29.9 Å². The molecular weight excluding hydrogens is 294 g/mol. The van der Waals surface area contributed by atoms with Crippen molar-refractivity contribution in [2.75, 3.05) is 11.1 Å². The van der Waals surface area contributed by atoms with Crippen molar-refractivity contribution < 1.29 is 4.79 Å². The number of rotatable bonds is 4. The lowest BCUT2D eigenvalue weighted by Crippen LogP contribution is -2.11. The number of aromatic nitrogens is 2. The molecule has 0 aliphatic rings. The van der Waals surface area contributed by atoms with Gasteiger partial charge in [0.25, 0.3) is 0 Å². The van der Waals surface area contributed by atoms with Crippen LogP contribution in [0.4, 0.5) is 5.69 Å². The topological polar surface area (TPSA) is 46.4 Å². The number of thiol groups is 1. The number of anilines is 1. The Morgan fingerprint density at radius 2 is 2.18 bits per heavy atom. The van der Waals surface area contributed by atoms with E-state index < -0.39 is 0 Å². The first-order valence-electron chi connectivity index (χ1n) is 7.13. The molecule has 22 heavy (non-hydrogen) atoms. The van der Waals surface area contributed by atoms with Crippen LogP contribution < -0.4 is 5.32 Å². The standard InChI is InChI=1S/C17H17N3OS/c1-12-4-3-8-20-11-15(19-17(12)20)13-5-2-6-14(10-13)18-16(21)7-9-22/h2-6,8,10-11,22H,7,9H2,1H3,(H,18,21). The molecule has 2 aromatic heterocycles. The van der Waals surface area contributed by atoms with Gasteiger partial charge in [-0.1, -0.05) is 18.2 Å². The molecule has 0 spiro atoms. The minimum Gasteiger partial charge on any atom is -0.326 e. The van der Waals surface area contributed by atoms with Crippen molar-refractivity contribution in [3.05, 3.63) is 54.4 Å². The molecule has 1 aromatic carbocycles. The van der Waals surface area contributed by atoms with E-state index in [4.69, 9.17) is 0 Å². The Bertz CT molecular complexity index is 826. The first-order valence-corrected chi connectivity index (χ1v) is 7.76. The van der Waals surface area contributed by atoms with Crippen LogP contribution in [0.15, 0.2) is 48.8 Å². The van der Waals surface area contributed by atoms with Gasteiger partial charge in [0.05, 0.1) is 5.69 Å². The Morgan fingerprint density at radius 3 is 2.95 bits per heavy atom. The molecule has 0 atom stereocenters. The van der Waals surface area contributed by atoms with E-state index in [2.05, 4.69) is 22.9 Å². The van der Waals surface area contributed by atoms with E-state index in [1.54, 1.807) is 0 Å². The molecule has 2 heterocycles. The van der Waals surface area contributed by atoms with Gasteiger partial charge < -0.3 is 9.72 Å². The van der Waals surface area contributed by atoms with Crippen LogP contribution in [0, 0.1) is 6.92 Å². The molecule has 4 nitrogen and oxygen atoms in total. The average Bonchev–Trinajstić information content (AvgIpc) is 2.93. The Balaban J connectivity index is 1.93. The zero-order valence-corrected chi connectivity index (χ0v) is 13.2. The maximum absolute atomic E-state index is 11.7. The molecule has 0 saturated heterocycles. The maximum Gasteiger partial charge on any atom is 0.225 e. The molecule has 5 heteroatoms. The van der Waals surface area contributed by atoms with Gasteiger partial charge in [-0.2, -0.15) is 12.6 Å². The SMILES string of the molecule is Cc1cccn2cc(-c3cccc(NC(=O)CCS)c3)nc12. The summed E-state index contributed by atoms with van der Waals surface area (Å²) in [5.41, 5.74) is 4.72. The number of carbonyl (C=O) groups is 1. The van der Waals surface area contributed by atoms with Crippen LogP contribution in [0.1, 0.15) is 12.0 Å². The van der Waals surface area contributed by atoms with E-state index >= 15 is 0 Å². The lowest BCUT2D eigenvalue weighted by molar-refractivity contribution is -0.115. The molecule has 0 saturated carbocycles. The van der Waals surface area contributed by atoms with Gasteiger partial charge in [-0.25, -0.2) is 4.98 Å². The maximum atomic E-state index is 11.7. The Hall–Kier alpha value is -2.27. The highest BCUT2D eigenvalue weighted by Crippen LogP contribution is 2.23. The second kappa shape index (κ2) is 6.23. The van der Waals surface area contributed by atoms with Crippen LogP contribution >= 0.6 is 12.6 Å². The normalized spacial score (nSPS) is 10.8. The number of benzene rings is 1. The van der Waals surface area contributed by atoms with Gasteiger partial charge in [-0.3, -0.25) is 4.79 Å². The molecule has 0 unspecified atom stereocenters. The van der Waals surface area contributed by atoms with E-state index in [1.165, 1.54) is 0 Å². The first-order chi connectivity index (χ1) is 10.7. The zero-order chi connectivity index (χ0) is 15.5. The van der Waals surface area contributed by atoms with Gasteiger partial charge in [-0.05, 0) is 36.4 Å². The summed E-state index contributed by atoms with van der Waals surface area (Å²) >= 11 is 4.07. The molecule has 0 radical (unpaired) electrons. The number of amides is 1. The van der Waals surface area contributed by atoms with Crippen LogP contribution in [0.5, 0.6) is 0 Å². The summed E-state index contributed by atoms with van der Waals surface area (Å²) in [4.78, 5) is 16.3. The van der Waals surface area contributed by atoms with Gasteiger partial charge in [0, 0.05) is 30.1 Å². The van der Waals surface area contributed by atoms with Crippen molar-refractivity contribution in [1.29, 1.82) is 0 Å². The highest BCUT2D eigenvalue weighted by molar-refractivity contribution is 7.80. The van der Waals surface area contributed by atoms with Crippen molar-refractivity contribution in [1.82, 2.24) is 9.38 Å². The summed E-state index contributed by atoms with van der Waals surface area (Å²) < 4.78 is 2.01. The predicted octanol–water partition coefficient (Wildman–Crippen LogP) is 3.57. The second-order valence-electron chi connectivity index (χ2n) is 5.15. The van der Waals surface area contributed by atoms with Gasteiger partial charge in [0.2, 0.25) is 5.91 Å². The number of nitrogens with one attached hydrogen (secondary N) is 1. The second-order valence-corrected chi connectivity index (χ2v) is 5.60. The number of carbonyl (C=O) groups excluding carboxylic acids is 1. The highest BCUT2D eigenvalue weighted by Gasteiger charge is 2.07. The van der Waals surface area contributed by atoms with Gasteiger partial charge in [-0.15, -0.1) is 0 Å². The number of imidazole rings is 1. The summed E-state index contributed by atoms with van der Waals surface area (Å²) in [5.74, 6) is 0.509. The Kier molecular flexibility index (Phi) is 4.15. The Morgan fingerprint density at radius 1 is 1.32 bits per heavy atom. The van der Waals surface area contributed by atoms with Crippen LogP contribution in [0.2, 0.25) is 0 Å². The van der Waals surface area contributed by atoms with Gasteiger partial charge in [0.1, 0.15) is 5.65 Å². The molecule has 1 amide bonds. The number of aryl methyl sites for hydroxylation is 1. The monoisotopic (exact) mass is 311 g/mol. The summed E-state index contributed by atoms with van der Waals surface area (Å²) in [5, 5.41) is 2.88. The lowest BCUT2D eigenvalue weighted by atomic mass is 10.1. The van der Waals surface area contributed by atoms with Crippen LogP contribution in [0.25, 0.3) is 16.9 Å². The third-order valence-electron chi connectivity index (χ3n) is 3.46. The number of nitrogens with zero attached hydrogens (tertiary/aromatic N) is 2. The van der Waals surface area contributed by atoms with E-state index in [-0.39, 0.29) is 5.91 Å². The van der Waals surface area contributed by atoms with Crippen LogP contribution in [0.3, 0.4) is 0 Å². The molecule has 3 aromatic rings. The van der Waals surface area contributed by atoms with Crippen molar-refractivity contribution in [3.63, 3.8) is 0 Å². The fourth-order valence-electron chi connectivity index (χ4n) is 2.37. The minimum absolute atomic E-state index is 0.0296. The van der Waals surface area contributed by atoms with Gasteiger partial charge in [0.15, 0.2) is 0 Å². The molecule has 0 bridgehead atoms. The molecular formula is C17H17N3OS. The quantitative estimate of drug-likeness (QED) is 0.724. The molecule has 0 aliphatic heterocycles. The van der Waals surface area contributed by atoms with Crippen LogP contribution in [-0.4, -0.2) is 21.0 Å². The highest BCUT2D eigenvalue weighted by atomic mass is 32.1. The Labute approximate surface area is 134 Å². The largest absolute Gasteiger partial charge is 0.326 e. The van der Waals surface area contributed by atoms with Crippen molar-refractivity contribution in [2.45, 2.75) is 13.3 Å². The molecule has 112 valence electrons. The molecule has 0 aliphatic carbocycles. The molecule has 1 N–H and O–H groups in total. The number of fused-ring (bicyclic) bond motifs is 1. The summed E-state index contributed by atoms with van der Waals surface area (Å²) in [7, 11) is 0. The lowest BCUT2D eigenvalue weighted by Gasteiger charge is -2.05. The third kappa shape index (κ3) is 2.99. The van der Waals surface area contributed by atoms with E-state index in [0.29, 0.717) is 12.2 Å². The first kappa shape index (κ1) is 14.7. The predicted molar refractivity (Wildman–Crippen MR) is 92.5 cm³/mol. The zero-order valence-electron chi connectivity index (χ0n) is 12.3. The van der Waals surface area contributed by atoms with Crippen molar-refractivity contribution in [2.24, 2.45) is 0 Å². The molecule has 0 fully saturated rings. The van der Waals surface area contributed by atoms with Crippen molar-refractivity contribution in [3.8, 4) is 11.3 Å².